The first-order valence-corrected chi connectivity index (χ1v) is 4.48. The topological polar surface area (TPSA) is 102 Å². The average molecular weight is 224 g/mol. The molecule has 86 valence electrons. The van der Waals surface area contributed by atoms with E-state index < -0.39 is 11.8 Å². The zero-order valence-corrected chi connectivity index (χ0v) is 8.69. The van der Waals surface area contributed by atoms with Crippen molar-refractivity contribution in [3.63, 3.8) is 0 Å². The van der Waals surface area contributed by atoms with Gasteiger partial charge in [0.2, 0.25) is 11.8 Å². The second-order valence-electron chi connectivity index (χ2n) is 3.10. The molecule has 1 aromatic carbocycles. The number of amides is 2. The van der Waals surface area contributed by atoms with E-state index in [0.717, 1.165) is 0 Å². The number of nitrogens with two attached hydrogens (primary N) is 1. The number of nitrogens with one attached hydrogen (secondary N) is 1. The standard InChI is InChI=1S/C10H12N2O4/c1-16-7-2-3-8(10(11)14)6(4-7)5-9(13)12-15/h2-4,15H,5H2,1H3,(H2,11,14)(H,12,13). The van der Waals surface area contributed by atoms with E-state index in [9.17, 15) is 9.59 Å². The van der Waals surface area contributed by atoms with Crippen molar-refractivity contribution in [1.29, 1.82) is 0 Å². The molecule has 16 heavy (non-hydrogen) atoms. The summed E-state index contributed by atoms with van der Waals surface area (Å²) in [4.78, 5) is 22.1. The highest BCUT2D eigenvalue weighted by Gasteiger charge is 2.12. The van der Waals surface area contributed by atoms with E-state index in [1.165, 1.54) is 24.7 Å². The minimum atomic E-state index is -0.636. The van der Waals surface area contributed by atoms with Crippen LogP contribution in [0.2, 0.25) is 0 Å². The summed E-state index contributed by atoms with van der Waals surface area (Å²) in [6, 6.07) is 4.57. The number of benzene rings is 1. The highest BCUT2D eigenvalue weighted by Crippen LogP contribution is 2.18. The molecule has 0 fully saturated rings. The number of methoxy groups -OCH3 is 1. The van der Waals surface area contributed by atoms with Crippen LogP contribution in [-0.4, -0.2) is 24.1 Å². The minimum Gasteiger partial charge on any atom is -0.497 e. The lowest BCUT2D eigenvalue weighted by Crippen LogP contribution is -2.23. The summed E-state index contributed by atoms with van der Waals surface area (Å²) in [7, 11) is 1.47. The molecule has 0 bridgehead atoms. The molecule has 0 aliphatic rings. The Kier molecular flexibility index (Phi) is 3.84. The predicted molar refractivity (Wildman–Crippen MR) is 55.1 cm³/mol. The van der Waals surface area contributed by atoms with Gasteiger partial charge in [0.05, 0.1) is 13.5 Å². The van der Waals surface area contributed by atoms with E-state index in [1.54, 1.807) is 6.07 Å². The summed E-state index contributed by atoms with van der Waals surface area (Å²) in [6.45, 7) is 0. The van der Waals surface area contributed by atoms with Crippen LogP contribution in [0.5, 0.6) is 5.75 Å². The lowest BCUT2D eigenvalue weighted by Gasteiger charge is -2.08. The van der Waals surface area contributed by atoms with E-state index in [4.69, 9.17) is 15.7 Å². The number of rotatable bonds is 4. The fourth-order valence-electron chi connectivity index (χ4n) is 1.30. The first-order chi connectivity index (χ1) is 7.58. The maximum atomic E-state index is 11.1. The number of carbonyl (C=O) groups is 2. The van der Waals surface area contributed by atoms with Crippen LogP contribution in [-0.2, 0) is 11.2 Å². The fraction of sp³-hybridized carbons (Fsp3) is 0.200. The molecule has 4 N–H and O–H groups in total. The molecule has 1 aromatic rings. The highest BCUT2D eigenvalue weighted by molar-refractivity contribution is 5.96. The predicted octanol–water partition coefficient (Wildman–Crippen LogP) is -0.158. The molecular weight excluding hydrogens is 212 g/mol. The lowest BCUT2D eigenvalue weighted by atomic mass is 10.0. The molecule has 6 nitrogen and oxygen atoms in total. The molecule has 0 aromatic heterocycles. The van der Waals surface area contributed by atoms with Crippen molar-refractivity contribution in [2.24, 2.45) is 5.73 Å². The lowest BCUT2D eigenvalue weighted by molar-refractivity contribution is -0.128. The van der Waals surface area contributed by atoms with Crippen LogP contribution >= 0.6 is 0 Å². The number of hydrogen-bond acceptors (Lipinski definition) is 4. The molecule has 0 aliphatic heterocycles. The molecule has 1 rings (SSSR count). The number of ether oxygens (including phenoxy) is 1. The smallest absolute Gasteiger partial charge is 0.248 e. The fourth-order valence-corrected chi connectivity index (χ4v) is 1.30. The molecule has 0 heterocycles. The van der Waals surface area contributed by atoms with Gasteiger partial charge in [0, 0.05) is 5.56 Å². The van der Waals surface area contributed by atoms with Gasteiger partial charge in [-0.25, -0.2) is 5.48 Å². The second kappa shape index (κ2) is 5.13. The zero-order chi connectivity index (χ0) is 12.1. The van der Waals surface area contributed by atoms with Crippen LogP contribution in [0.25, 0.3) is 0 Å². The summed E-state index contributed by atoms with van der Waals surface area (Å²) >= 11 is 0. The number of primary amides is 1. The van der Waals surface area contributed by atoms with Gasteiger partial charge in [0.15, 0.2) is 0 Å². The molecule has 0 spiro atoms. The molecule has 0 atom stereocenters. The summed E-state index contributed by atoms with van der Waals surface area (Å²) in [5.74, 6) is -0.759. The second-order valence-corrected chi connectivity index (χ2v) is 3.10. The molecule has 0 radical (unpaired) electrons. The summed E-state index contributed by atoms with van der Waals surface area (Å²) in [5, 5.41) is 8.41. The van der Waals surface area contributed by atoms with Crippen molar-refractivity contribution >= 4 is 11.8 Å². The normalized spacial score (nSPS) is 9.62. The Morgan fingerprint density at radius 2 is 2.19 bits per heavy atom. The van der Waals surface area contributed by atoms with Crippen LogP contribution in [0.3, 0.4) is 0 Å². The van der Waals surface area contributed by atoms with Gasteiger partial charge in [-0.3, -0.25) is 14.8 Å². The number of carbonyl (C=O) groups excluding carboxylic acids is 2. The van der Waals surface area contributed by atoms with Gasteiger partial charge in [-0.05, 0) is 23.8 Å². The third-order valence-corrected chi connectivity index (χ3v) is 2.05. The Hall–Kier alpha value is -2.08. The van der Waals surface area contributed by atoms with Gasteiger partial charge in [-0.15, -0.1) is 0 Å². The molecule has 0 unspecified atom stereocenters. The Bertz CT molecular complexity index is 417. The third-order valence-electron chi connectivity index (χ3n) is 2.05. The van der Waals surface area contributed by atoms with Crippen molar-refractivity contribution in [3.8, 4) is 5.75 Å². The summed E-state index contributed by atoms with van der Waals surface area (Å²) < 4.78 is 4.96. The van der Waals surface area contributed by atoms with Gasteiger partial charge >= 0.3 is 0 Å². The van der Waals surface area contributed by atoms with Crippen molar-refractivity contribution in [3.05, 3.63) is 29.3 Å². The van der Waals surface area contributed by atoms with Crippen molar-refractivity contribution in [1.82, 2.24) is 5.48 Å². The Morgan fingerprint density at radius 1 is 1.50 bits per heavy atom. The highest BCUT2D eigenvalue weighted by atomic mass is 16.5. The van der Waals surface area contributed by atoms with Crippen molar-refractivity contribution < 1.29 is 19.5 Å². The van der Waals surface area contributed by atoms with Crippen LogP contribution in [0, 0.1) is 0 Å². The molecule has 0 aliphatic carbocycles. The Morgan fingerprint density at radius 3 is 2.69 bits per heavy atom. The summed E-state index contributed by atoms with van der Waals surface area (Å²) in [6.07, 6.45) is -0.147. The van der Waals surface area contributed by atoms with E-state index in [1.807, 2.05) is 0 Å². The monoisotopic (exact) mass is 224 g/mol. The van der Waals surface area contributed by atoms with Gasteiger partial charge < -0.3 is 10.5 Å². The van der Waals surface area contributed by atoms with Gasteiger partial charge in [-0.1, -0.05) is 0 Å². The van der Waals surface area contributed by atoms with E-state index in [2.05, 4.69) is 0 Å². The molecular formula is C10H12N2O4. The first-order valence-electron chi connectivity index (χ1n) is 4.48. The average Bonchev–Trinajstić information content (AvgIpc) is 2.28. The third kappa shape index (κ3) is 2.71. The van der Waals surface area contributed by atoms with Crippen LogP contribution in [0.4, 0.5) is 0 Å². The van der Waals surface area contributed by atoms with Gasteiger partial charge in [0.1, 0.15) is 5.75 Å². The SMILES string of the molecule is COc1ccc(C(N)=O)c(CC(=O)NO)c1. The Balaban J connectivity index is 3.10. The van der Waals surface area contributed by atoms with Crippen LogP contribution in [0.15, 0.2) is 18.2 Å². The Labute approximate surface area is 92.0 Å². The molecule has 0 saturated heterocycles. The van der Waals surface area contributed by atoms with Gasteiger partial charge in [-0.2, -0.15) is 0 Å². The number of hydroxylamine groups is 1. The molecule has 2 amide bonds. The molecule has 0 saturated carbocycles. The van der Waals surface area contributed by atoms with Crippen molar-refractivity contribution in [2.75, 3.05) is 7.11 Å². The van der Waals surface area contributed by atoms with Gasteiger partial charge in [0.25, 0.3) is 0 Å². The van der Waals surface area contributed by atoms with E-state index in [-0.39, 0.29) is 12.0 Å². The largest absolute Gasteiger partial charge is 0.497 e. The molecule has 6 heteroatoms. The first kappa shape index (κ1) is 12.0. The summed E-state index contributed by atoms with van der Waals surface area (Å²) in [5.41, 5.74) is 7.26. The van der Waals surface area contributed by atoms with E-state index in [0.29, 0.717) is 11.3 Å². The maximum Gasteiger partial charge on any atom is 0.248 e. The van der Waals surface area contributed by atoms with E-state index >= 15 is 0 Å². The quantitative estimate of drug-likeness (QED) is 0.488. The van der Waals surface area contributed by atoms with Crippen molar-refractivity contribution in [2.45, 2.75) is 6.42 Å². The minimum absolute atomic E-state index is 0.147. The number of hydrogen-bond donors (Lipinski definition) is 3. The zero-order valence-electron chi connectivity index (χ0n) is 8.69. The van der Waals surface area contributed by atoms with Crippen LogP contribution < -0.4 is 16.0 Å². The van der Waals surface area contributed by atoms with Crippen LogP contribution in [0.1, 0.15) is 15.9 Å². The maximum absolute atomic E-state index is 11.1.